The fraction of sp³-hybridized carbons (Fsp3) is 0.706. The van der Waals surface area contributed by atoms with Gasteiger partial charge in [-0.1, -0.05) is 0 Å². The Morgan fingerprint density at radius 1 is 1.42 bits per heavy atom. The Bertz CT molecular complexity index is 681. The standard InChI is InChI=1S/C17H26N4O3/c1-11-9-12(2)21(19-11)13(3)14(22)20-8-6-7-17(10-20)18-15(23)16(4,5)24-17/h9,13H,6-8,10H2,1-5H3,(H,18,23). The number of carbonyl (C=O) groups excluding carboxylic acids is 2. The van der Waals surface area contributed by atoms with Crippen molar-refractivity contribution in [2.24, 2.45) is 0 Å². The van der Waals surface area contributed by atoms with E-state index in [1.807, 2.05) is 26.8 Å². The highest BCUT2D eigenvalue weighted by Crippen LogP contribution is 2.34. The lowest BCUT2D eigenvalue weighted by Crippen LogP contribution is -2.57. The molecule has 2 fully saturated rings. The van der Waals surface area contributed by atoms with Gasteiger partial charge in [-0.15, -0.1) is 0 Å². The van der Waals surface area contributed by atoms with E-state index in [2.05, 4.69) is 10.4 Å². The van der Waals surface area contributed by atoms with Gasteiger partial charge in [-0.2, -0.15) is 5.10 Å². The number of carbonyl (C=O) groups is 2. The van der Waals surface area contributed by atoms with E-state index in [1.54, 1.807) is 23.4 Å². The highest BCUT2D eigenvalue weighted by Gasteiger charge is 2.52. The molecule has 2 amide bonds. The minimum absolute atomic E-state index is 0.00262. The van der Waals surface area contributed by atoms with Crippen LogP contribution in [0, 0.1) is 13.8 Å². The molecule has 0 radical (unpaired) electrons. The van der Waals surface area contributed by atoms with Gasteiger partial charge in [-0.3, -0.25) is 14.3 Å². The number of nitrogens with one attached hydrogen (secondary N) is 1. The van der Waals surface area contributed by atoms with Gasteiger partial charge in [0.15, 0.2) is 5.72 Å². The first-order valence-corrected chi connectivity index (χ1v) is 8.48. The molecule has 2 saturated heterocycles. The van der Waals surface area contributed by atoms with Crippen molar-refractivity contribution in [1.82, 2.24) is 20.0 Å². The van der Waals surface area contributed by atoms with Crippen molar-refractivity contribution >= 4 is 11.8 Å². The quantitative estimate of drug-likeness (QED) is 0.884. The number of nitrogens with zero attached hydrogens (tertiary/aromatic N) is 3. The van der Waals surface area contributed by atoms with E-state index in [9.17, 15) is 9.59 Å². The summed E-state index contributed by atoms with van der Waals surface area (Å²) in [7, 11) is 0. The number of hydrogen-bond donors (Lipinski definition) is 1. The molecular formula is C17H26N4O3. The number of amides is 2. The maximum Gasteiger partial charge on any atom is 0.254 e. The van der Waals surface area contributed by atoms with Crippen molar-refractivity contribution in [3.05, 3.63) is 17.5 Å². The summed E-state index contributed by atoms with van der Waals surface area (Å²) in [6.07, 6.45) is 1.52. The smallest absolute Gasteiger partial charge is 0.254 e. The summed E-state index contributed by atoms with van der Waals surface area (Å²) in [6, 6.07) is 1.59. The van der Waals surface area contributed by atoms with Crippen LogP contribution in [0.4, 0.5) is 0 Å². The van der Waals surface area contributed by atoms with Gasteiger partial charge in [-0.25, -0.2) is 0 Å². The van der Waals surface area contributed by atoms with Crippen molar-refractivity contribution in [1.29, 1.82) is 0 Å². The van der Waals surface area contributed by atoms with Gasteiger partial charge < -0.3 is 15.0 Å². The molecule has 2 unspecified atom stereocenters. The second-order valence-corrected chi connectivity index (χ2v) is 7.47. The Morgan fingerprint density at radius 2 is 2.12 bits per heavy atom. The molecule has 2 aliphatic rings. The maximum atomic E-state index is 12.9. The van der Waals surface area contributed by atoms with E-state index >= 15 is 0 Å². The van der Waals surface area contributed by atoms with Gasteiger partial charge in [0.25, 0.3) is 5.91 Å². The second-order valence-electron chi connectivity index (χ2n) is 7.47. The summed E-state index contributed by atoms with van der Waals surface area (Å²) in [6.45, 7) is 10.3. The van der Waals surface area contributed by atoms with Crippen LogP contribution in [0.1, 0.15) is 51.0 Å². The lowest BCUT2D eigenvalue weighted by molar-refractivity contribution is -0.154. The number of likely N-dealkylation sites (tertiary alicyclic amines) is 1. The van der Waals surface area contributed by atoms with Crippen molar-refractivity contribution in [3.63, 3.8) is 0 Å². The predicted molar refractivity (Wildman–Crippen MR) is 88.3 cm³/mol. The van der Waals surface area contributed by atoms with Gasteiger partial charge in [-0.05, 0) is 53.5 Å². The Balaban J connectivity index is 1.76. The molecule has 7 heteroatoms. The Hall–Kier alpha value is -1.89. The van der Waals surface area contributed by atoms with E-state index in [1.165, 1.54) is 0 Å². The zero-order chi connectivity index (χ0) is 17.7. The summed E-state index contributed by atoms with van der Waals surface area (Å²) in [5.74, 6) is -0.119. The number of hydrogen-bond acceptors (Lipinski definition) is 4. The number of aromatic nitrogens is 2. The van der Waals surface area contributed by atoms with E-state index in [4.69, 9.17) is 4.74 Å². The van der Waals surface area contributed by atoms with Gasteiger partial charge in [0.2, 0.25) is 5.91 Å². The van der Waals surface area contributed by atoms with Gasteiger partial charge in [0, 0.05) is 12.2 Å². The normalized spacial score (nSPS) is 27.4. The molecule has 0 aromatic carbocycles. The molecule has 1 aromatic heterocycles. The summed E-state index contributed by atoms with van der Waals surface area (Å²) in [5, 5.41) is 7.38. The zero-order valence-corrected chi connectivity index (χ0v) is 15.0. The molecule has 7 nitrogen and oxygen atoms in total. The molecule has 0 bridgehead atoms. The maximum absolute atomic E-state index is 12.9. The molecule has 0 saturated carbocycles. The van der Waals surface area contributed by atoms with Crippen molar-refractivity contribution in [2.75, 3.05) is 13.1 Å². The largest absolute Gasteiger partial charge is 0.338 e. The summed E-state index contributed by atoms with van der Waals surface area (Å²) in [5.41, 5.74) is 0.249. The third kappa shape index (κ3) is 2.81. The van der Waals surface area contributed by atoms with Crippen molar-refractivity contribution < 1.29 is 14.3 Å². The third-order valence-corrected chi connectivity index (χ3v) is 4.87. The SMILES string of the molecule is Cc1cc(C)n(C(C)C(=O)N2CCCC3(C2)NC(=O)C(C)(C)O3)n1. The van der Waals surface area contributed by atoms with Crippen LogP contribution in [0.5, 0.6) is 0 Å². The van der Waals surface area contributed by atoms with Crippen LogP contribution in [-0.2, 0) is 14.3 Å². The van der Waals surface area contributed by atoms with Crippen LogP contribution in [0.3, 0.4) is 0 Å². The number of piperidine rings is 1. The average Bonchev–Trinajstić information content (AvgIpc) is 2.93. The Kier molecular flexibility index (Phi) is 3.94. The number of aryl methyl sites for hydroxylation is 2. The van der Waals surface area contributed by atoms with Crippen molar-refractivity contribution in [3.8, 4) is 0 Å². The Morgan fingerprint density at radius 3 is 2.67 bits per heavy atom. The zero-order valence-electron chi connectivity index (χ0n) is 15.0. The van der Waals surface area contributed by atoms with Crippen LogP contribution < -0.4 is 5.32 Å². The first-order chi connectivity index (χ1) is 11.1. The first kappa shape index (κ1) is 17.0. The molecule has 3 rings (SSSR count). The van der Waals surface area contributed by atoms with Crippen molar-refractivity contribution in [2.45, 2.75) is 64.8 Å². The van der Waals surface area contributed by atoms with Crippen LogP contribution in [0.15, 0.2) is 6.07 Å². The predicted octanol–water partition coefficient (Wildman–Crippen LogP) is 1.30. The van der Waals surface area contributed by atoms with E-state index in [-0.39, 0.29) is 17.9 Å². The monoisotopic (exact) mass is 334 g/mol. The molecule has 2 atom stereocenters. The Labute approximate surface area is 142 Å². The highest BCUT2D eigenvalue weighted by molar-refractivity contribution is 5.87. The molecule has 132 valence electrons. The van der Waals surface area contributed by atoms with Gasteiger partial charge in [0.05, 0.1) is 12.2 Å². The van der Waals surface area contributed by atoms with E-state index < -0.39 is 11.3 Å². The van der Waals surface area contributed by atoms with E-state index in [0.717, 1.165) is 24.2 Å². The van der Waals surface area contributed by atoms with Gasteiger partial charge >= 0.3 is 0 Å². The third-order valence-electron chi connectivity index (χ3n) is 4.87. The van der Waals surface area contributed by atoms with Crippen LogP contribution in [0.25, 0.3) is 0 Å². The second kappa shape index (κ2) is 5.58. The molecule has 0 aliphatic carbocycles. The minimum atomic E-state index is -0.854. The molecule has 2 aliphatic heterocycles. The topological polar surface area (TPSA) is 76.5 Å². The summed E-state index contributed by atoms with van der Waals surface area (Å²) >= 11 is 0. The number of rotatable bonds is 2. The summed E-state index contributed by atoms with van der Waals surface area (Å²) in [4.78, 5) is 26.8. The molecular weight excluding hydrogens is 308 g/mol. The van der Waals surface area contributed by atoms with E-state index in [0.29, 0.717) is 13.1 Å². The fourth-order valence-corrected chi connectivity index (χ4v) is 3.72. The first-order valence-electron chi connectivity index (χ1n) is 8.48. The fourth-order valence-electron chi connectivity index (χ4n) is 3.72. The number of ether oxygens (including phenoxy) is 1. The van der Waals surface area contributed by atoms with Gasteiger partial charge in [0.1, 0.15) is 11.6 Å². The lowest BCUT2D eigenvalue weighted by Gasteiger charge is -2.40. The van der Waals surface area contributed by atoms with Crippen LogP contribution >= 0.6 is 0 Å². The summed E-state index contributed by atoms with van der Waals surface area (Å²) < 4.78 is 7.77. The minimum Gasteiger partial charge on any atom is -0.338 e. The molecule has 24 heavy (non-hydrogen) atoms. The van der Waals surface area contributed by atoms with Crippen LogP contribution in [0.2, 0.25) is 0 Å². The average molecular weight is 334 g/mol. The lowest BCUT2D eigenvalue weighted by atomic mass is 10.0. The molecule has 3 heterocycles. The highest BCUT2D eigenvalue weighted by atomic mass is 16.6. The van der Waals surface area contributed by atoms with Crippen LogP contribution in [-0.4, -0.2) is 50.9 Å². The molecule has 1 aromatic rings. The molecule has 1 N–H and O–H groups in total. The molecule has 1 spiro atoms.